The molecule has 2 heterocycles. The third kappa shape index (κ3) is 2.29. The lowest BCUT2D eigenvalue weighted by Crippen LogP contribution is -2.46. The van der Waals surface area contributed by atoms with Crippen LogP contribution >= 0.6 is 0 Å². The standard InChI is InChI=1S/C11H15F2N3/c1-2-15-3-5-16(6-4-15)11-10(13)7-9(12)8-14-11/h7-8H,2-6H2,1H3. The molecule has 1 aliphatic rings. The maximum atomic E-state index is 13.5. The van der Waals surface area contributed by atoms with Crippen molar-refractivity contribution in [2.24, 2.45) is 0 Å². The van der Waals surface area contributed by atoms with Crippen LogP contribution in [0.2, 0.25) is 0 Å². The highest BCUT2D eigenvalue weighted by Gasteiger charge is 2.19. The van der Waals surface area contributed by atoms with Crippen molar-refractivity contribution in [2.45, 2.75) is 6.92 Å². The smallest absolute Gasteiger partial charge is 0.168 e. The van der Waals surface area contributed by atoms with E-state index in [0.29, 0.717) is 0 Å². The van der Waals surface area contributed by atoms with Crippen LogP contribution in [0.3, 0.4) is 0 Å². The van der Waals surface area contributed by atoms with E-state index in [9.17, 15) is 8.78 Å². The van der Waals surface area contributed by atoms with Crippen molar-refractivity contribution < 1.29 is 8.78 Å². The molecule has 0 amide bonds. The monoisotopic (exact) mass is 227 g/mol. The third-order valence-corrected chi connectivity index (χ3v) is 2.91. The van der Waals surface area contributed by atoms with Gasteiger partial charge in [-0.3, -0.25) is 0 Å². The van der Waals surface area contributed by atoms with Gasteiger partial charge in [-0.25, -0.2) is 13.8 Å². The molecule has 0 spiro atoms. The van der Waals surface area contributed by atoms with Crippen LogP contribution in [-0.2, 0) is 0 Å². The summed E-state index contributed by atoms with van der Waals surface area (Å²) in [6.45, 7) is 6.39. The van der Waals surface area contributed by atoms with Gasteiger partial charge in [0.15, 0.2) is 11.6 Å². The molecule has 0 radical (unpaired) electrons. The normalized spacial score (nSPS) is 17.8. The summed E-state index contributed by atoms with van der Waals surface area (Å²) >= 11 is 0. The quantitative estimate of drug-likeness (QED) is 0.763. The SMILES string of the molecule is CCN1CCN(c2ncc(F)cc2F)CC1. The van der Waals surface area contributed by atoms with Gasteiger partial charge in [-0.05, 0) is 6.54 Å². The molecule has 1 saturated heterocycles. The summed E-state index contributed by atoms with van der Waals surface area (Å²) in [4.78, 5) is 7.96. The van der Waals surface area contributed by atoms with Gasteiger partial charge in [0, 0.05) is 32.2 Å². The second kappa shape index (κ2) is 4.74. The zero-order valence-electron chi connectivity index (χ0n) is 9.29. The van der Waals surface area contributed by atoms with Crippen molar-refractivity contribution in [3.63, 3.8) is 0 Å². The molecule has 16 heavy (non-hydrogen) atoms. The van der Waals surface area contributed by atoms with E-state index in [1.165, 1.54) is 0 Å². The number of piperazine rings is 1. The lowest BCUT2D eigenvalue weighted by Gasteiger charge is -2.34. The Balaban J connectivity index is 2.08. The minimum Gasteiger partial charge on any atom is -0.352 e. The summed E-state index contributed by atoms with van der Waals surface area (Å²) in [6, 6.07) is 0.883. The summed E-state index contributed by atoms with van der Waals surface area (Å²) in [7, 11) is 0. The topological polar surface area (TPSA) is 19.4 Å². The van der Waals surface area contributed by atoms with E-state index in [1.807, 2.05) is 4.90 Å². The first-order valence-electron chi connectivity index (χ1n) is 5.49. The van der Waals surface area contributed by atoms with Crippen molar-refractivity contribution in [1.29, 1.82) is 0 Å². The number of aromatic nitrogens is 1. The van der Waals surface area contributed by atoms with Crippen LogP contribution in [-0.4, -0.2) is 42.6 Å². The second-order valence-electron chi connectivity index (χ2n) is 3.88. The Hall–Kier alpha value is -1.23. The molecule has 0 saturated carbocycles. The molecule has 0 N–H and O–H groups in total. The summed E-state index contributed by atoms with van der Waals surface area (Å²) in [5.74, 6) is -0.949. The van der Waals surface area contributed by atoms with Crippen LogP contribution in [0.4, 0.5) is 14.6 Å². The van der Waals surface area contributed by atoms with E-state index in [0.717, 1.165) is 45.0 Å². The number of pyridine rings is 1. The van der Waals surface area contributed by atoms with Crippen LogP contribution in [0.15, 0.2) is 12.3 Å². The molecule has 1 fully saturated rings. The largest absolute Gasteiger partial charge is 0.352 e. The zero-order chi connectivity index (χ0) is 11.5. The first-order chi connectivity index (χ1) is 7.70. The van der Waals surface area contributed by atoms with Crippen LogP contribution in [0.1, 0.15) is 6.92 Å². The maximum Gasteiger partial charge on any atom is 0.168 e. The molecule has 0 bridgehead atoms. The number of nitrogens with zero attached hydrogens (tertiary/aromatic N) is 3. The molecule has 2 rings (SSSR count). The Morgan fingerprint density at radius 3 is 2.50 bits per heavy atom. The van der Waals surface area contributed by atoms with Crippen LogP contribution < -0.4 is 4.90 Å². The van der Waals surface area contributed by atoms with Gasteiger partial charge in [0.25, 0.3) is 0 Å². The molecule has 5 heteroatoms. The van der Waals surface area contributed by atoms with Gasteiger partial charge in [0.1, 0.15) is 5.82 Å². The highest BCUT2D eigenvalue weighted by Crippen LogP contribution is 2.18. The van der Waals surface area contributed by atoms with Gasteiger partial charge in [-0.15, -0.1) is 0 Å². The molecule has 0 aliphatic carbocycles. The summed E-state index contributed by atoms with van der Waals surface area (Å²) < 4.78 is 26.2. The molecule has 1 aromatic rings. The van der Waals surface area contributed by atoms with Crippen molar-refractivity contribution in [3.05, 3.63) is 23.9 Å². The lowest BCUT2D eigenvalue weighted by molar-refractivity contribution is 0.269. The predicted octanol–water partition coefficient (Wildman–Crippen LogP) is 1.50. The molecule has 3 nitrogen and oxygen atoms in total. The van der Waals surface area contributed by atoms with Gasteiger partial charge in [0.2, 0.25) is 0 Å². The number of anilines is 1. The number of rotatable bonds is 2. The fraction of sp³-hybridized carbons (Fsp3) is 0.545. The highest BCUT2D eigenvalue weighted by atomic mass is 19.1. The highest BCUT2D eigenvalue weighted by molar-refractivity contribution is 5.40. The minimum absolute atomic E-state index is 0.261. The molecule has 1 aliphatic heterocycles. The molecule has 0 unspecified atom stereocenters. The van der Waals surface area contributed by atoms with E-state index in [-0.39, 0.29) is 5.82 Å². The number of hydrogen-bond acceptors (Lipinski definition) is 3. The van der Waals surface area contributed by atoms with Gasteiger partial charge >= 0.3 is 0 Å². The first kappa shape index (κ1) is 11.3. The van der Waals surface area contributed by atoms with Gasteiger partial charge in [-0.1, -0.05) is 6.92 Å². The Bertz CT molecular complexity index is 362. The van der Waals surface area contributed by atoms with Crippen molar-refractivity contribution in [3.8, 4) is 0 Å². The lowest BCUT2D eigenvalue weighted by atomic mass is 10.3. The number of hydrogen-bond donors (Lipinski definition) is 0. The van der Waals surface area contributed by atoms with Crippen molar-refractivity contribution in [1.82, 2.24) is 9.88 Å². The van der Waals surface area contributed by atoms with Crippen LogP contribution in [0.25, 0.3) is 0 Å². The minimum atomic E-state index is -0.631. The van der Waals surface area contributed by atoms with Crippen LogP contribution in [0.5, 0.6) is 0 Å². The van der Waals surface area contributed by atoms with Crippen molar-refractivity contribution in [2.75, 3.05) is 37.6 Å². The van der Waals surface area contributed by atoms with Crippen molar-refractivity contribution >= 4 is 5.82 Å². The summed E-state index contributed by atoms with van der Waals surface area (Å²) in [6.07, 6.45) is 1.06. The number of halogens is 2. The Kier molecular flexibility index (Phi) is 3.33. The fourth-order valence-corrected chi connectivity index (χ4v) is 1.92. The van der Waals surface area contributed by atoms with Gasteiger partial charge < -0.3 is 9.80 Å². The summed E-state index contributed by atoms with van der Waals surface area (Å²) in [5.41, 5.74) is 0. The van der Waals surface area contributed by atoms with E-state index >= 15 is 0 Å². The Morgan fingerprint density at radius 1 is 1.25 bits per heavy atom. The second-order valence-corrected chi connectivity index (χ2v) is 3.88. The molecule has 88 valence electrons. The Morgan fingerprint density at radius 2 is 1.94 bits per heavy atom. The van der Waals surface area contributed by atoms with Gasteiger partial charge in [-0.2, -0.15) is 0 Å². The average Bonchev–Trinajstić information content (AvgIpc) is 2.29. The third-order valence-electron chi connectivity index (χ3n) is 2.91. The van der Waals surface area contributed by atoms with E-state index in [2.05, 4.69) is 16.8 Å². The van der Waals surface area contributed by atoms with Crippen LogP contribution in [0, 0.1) is 11.6 Å². The zero-order valence-corrected chi connectivity index (χ0v) is 9.29. The van der Waals surface area contributed by atoms with Gasteiger partial charge in [0.05, 0.1) is 6.20 Å². The predicted molar refractivity (Wildman–Crippen MR) is 58.5 cm³/mol. The Labute approximate surface area is 93.7 Å². The molecular weight excluding hydrogens is 212 g/mol. The first-order valence-corrected chi connectivity index (χ1v) is 5.49. The molecule has 0 atom stereocenters. The van der Waals surface area contributed by atoms with E-state index in [4.69, 9.17) is 0 Å². The maximum absolute atomic E-state index is 13.5. The van der Waals surface area contributed by atoms with E-state index < -0.39 is 11.6 Å². The average molecular weight is 227 g/mol. The number of likely N-dealkylation sites (N-methyl/N-ethyl adjacent to an activating group) is 1. The molecule has 1 aromatic heterocycles. The van der Waals surface area contributed by atoms with E-state index in [1.54, 1.807) is 0 Å². The molecule has 0 aromatic carbocycles. The fourth-order valence-electron chi connectivity index (χ4n) is 1.92. The summed E-state index contributed by atoms with van der Waals surface area (Å²) in [5, 5.41) is 0. The molecular formula is C11H15F2N3.